The maximum absolute atomic E-state index is 12.3. The van der Waals surface area contributed by atoms with Gasteiger partial charge in [-0.1, -0.05) is 13.0 Å². The van der Waals surface area contributed by atoms with E-state index in [0.29, 0.717) is 16.4 Å². The number of hydrogen-bond acceptors (Lipinski definition) is 4. The summed E-state index contributed by atoms with van der Waals surface area (Å²) in [5.74, 6) is 0.898. The minimum atomic E-state index is -3.53. The Labute approximate surface area is 122 Å². The van der Waals surface area contributed by atoms with E-state index in [-0.39, 0.29) is 6.54 Å². The molecule has 5 nitrogen and oxygen atoms in total. The fourth-order valence-corrected chi connectivity index (χ4v) is 4.31. The number of nitrogens with one attached hydrogen (secondary N) is 2. The summed E-state index contributed by atoms with van der Waals surface area (Å²) in [5, 5.41) is 3.22. The van der Waals surface area contributed by atoms with Crippen LogP contribution in [0.5, 0.6) is 0 Å². The minimum Gasteiger partial charge on any atom is -0.385 e. The molecular weight excluding hydrogens is 296 g/mol. The van der Waals surface area contributed by atoms with Crippen molar-refractivity contribution in [2.45, 2.75) is 24.7 Å². The quantitative estimate of drug-likeness (QED) is 0.824. The highest BCUT2D eigenvalue weighted by molar-refractivity contribution is 7.89. The van der Waals surface area contributed by atoms with Gasteiger partial charge < -0.3 is 5.32 Å². The fourth-order valence-electron chi connectivity index (χ4n) is 2.24. The van der Waals surface area contributed by atoms with E-state index in [9.17, 15) is 12.6 Å². The third kappa shape index (κ3) is 3.59. The van der Waals surface area contributed by atoms with Crippen molar-refractivity contribution >= 4 is 26.5 Å². The van der Waals surface area contributed by atoms with Crippen molar-refractivity contribution < 1.29 is 12.6 Å². The van der Waals surface area contributed by atoms with Crippen molar-refractivity contribution in [1.29, 1.82) is 0 Å². The van der Waals surface area contributed by atoms with E-state index < -0.39 is 20.8 Å². The lowest BCUT2D eigenvalue weighted by atomic mass is 10.0. The first-order valence-electron chi connectivity index (χ1n) is 6.75. The van der Waals surface area contributed by atoms with Gasteiger partial charge in [-0.05, 0) is 30.5 Å². The Morgan fingerprint density at radius 1 is 1.40 bits per heavy atom. The maximum Gasteiger partial charge on any atom is 0.240 e. The van der Waals surface area contributed by atoms with Crippen LogP contribution in [0.4, 0.5) is 5.69 Å². The first-order chi connectivity index (χ1) is 9.54. The summed E-state index contributed by atoms with van der Waals surface area (Å²) in [6.07, 6.45) is 1.69. The number of fused-ring (bicyclic) bond motifs is 1. The van der Waals surface area contributed by atoms with Gasteiger partial charge in [-0.15, -0.1) is 0 Å². The second kappa shape index (κ2) is 6.69. The molecule has 1 aliphatic rings. The molecule has 2 rings (SSSR count). The molecule has 20 heavy (non-hydrogen) atoms. The average Bonchev–Trinajstić information content (AvgIpc) is 2.46. The number of benzene rings is 1. The molecule has 0 amide bonds. The molecule has 0 fully saturated rings. The van der Waals surface area contributed by atoms with Gasteiger partial charge >= 0.3 is 0 Å². The van der Waals surface area contributed by atoms with Gasteiger partial charge in [-0.2, -0.15) is 0 Å². The largest absolute Gasteiger partial charge is 0.385 e. The average molecular weight is 316 g/mol. The number of anilines is 1. The van der Waals surface area contributed by atoms with Crippen molar-refractivity contribution in [2.75, 3.05) is 29.9 Å². The third-order valence-electron chi connectivity index (χ3n) is 3.29. The summed E-state index contributed by atoms with van der Waals surface area (Å²) in [7, 11) is -4.49. The summed E-state index contributed by atoms with van der Waals surface area (Å²) in [6.45, 7) is 2.91. The molecule has 1 unspecified atom stereocenters. The van der Waals surface area contributed by atoms with Crippen LogP contribution in [0.1, 0.15) is 18.9 Å². The Bertz CT molecular complexity index is 600. The van der Waals surface area contributed by atoms with Crippen LogP contribution in [0.2, 0.25) is 0 Å². The second-order valence-corrected chi connectivity index (χ2v) is 8.24. The van der Waals surface area contributed by atoms with Gasteiger partial charge in [-0.3, -0.25) is 4.21 Å². The van der Waals surface area contributed by atoms with Crippen molar-refractivity contribution in [3.8, 4) is 0 Å². The molecular formula is C13H20N2O3S2. The monoisotopic (exact) mass is 316 g/mol. The normalized spacial score (nSPS) is 16.2. The van der Waals surface area contributed by atoms with Crippen molar-refractivity contribution in [3.05, 3.63) is 23.8 Å². The maximum atomic E-state index is 12.3. The first kappa shape index (κ1) is 15.5. The first-order valence-corrected chi connectivity index (χ1v) is 9.72. The zero-order valence-electron chi connectivity index (χ0n) is 11.5. The highest BCUT2D eigenvalue weighted by Gasteiger charge is 2.21. The summed E-state index contributed by atoms with van der Waals surface area (Å²) >= 11 is 0. The van der Waals surface area contributed by atoms with Gasteiger partial charge in [0.25, 0.3) is 0 Å². The van der Waals surface area contributed by atoms with Crippen LogP contribution in [0.25, 0.3) is 0 Å². The van der Waals surface area contributed by atoms with E-state index >= 15 is 0 Å². The molecule has 0 aromatic heterocycles. The molecule has 0 saturated heterocycles. The van der Waals surface area contributed by atoms with E-state index in [2.05, 4.69) is 10.0 Å². The Morgan fingerprint density at radius 3 is 2.95 bits per heavy atom. The lowest BCUT2D eigenvalue weighted by Crippen LogP contribution is -2.29. The van der Waals surface area contributed by atoms with E-state index in [0.717, 1.165) is 30.6 Å². The van der Waals surface area contributed by atoms with Crippen molar-refractivity contribution in [1.82, 2.24) is 4.72 Å². The van der Waals surface area contributed by atoms with Gasteiger partial charge in [0.05, 0.1) is 4.90 Å². The highest BCUT2D eigenvalue weighted by atomic mass is 32.2. The molecule has 1 aliphatic heterocycles. The summed E-state index contributed by atoms with van der Waals surface area (Å²) < 4.78 is 38.5. The van der Waals surface area contributed by atoms with Gasteiger partial charge in [0.15, 0.2) is 0 Å². The lowest BCUT2D eigenvalue weighted by Gasteiger charge is -2.20. The summed E-state index contributed by atoms with van der Waals surface area (Å²) in [6, 6.07) is 5.28. The zero-order valence-corrected chi connectivity index (χ0v) is 13.1. The molecule has 0 radical (unpaired) electrons. The van der Waals surface area contributed by atoms with E-state index in [4.69, 9.17) is 0 Å². The predicted octanol–water partition coefficient (Wildman–Crippen LogP) is 1.09. The van der Waals surface area contributed by atoms with Crippen LogP contribution < -0.4 is 10.0 Å². The lowest BCUT2D eigenvalue weighted by molar-refractivity contribution is 0.582. The minimum absolute atomic E-state index is 0.208. The van der Waals surface area contributed by atoms with E-state index in [1.54, 1.807) is 12.1 Å². The molecule has 1 aromatic rings. The van der Waals surface area contributed by atoms with Gasteiger partial charge in [0.1, 0.15) is 0 Å². The Balaban J connectivity index is 2.15. The van der Waals surface area contributed by atoms with Crippen LogP contribution in [0.15, 0.2) is 23.1 Å². The topological polar surface area (TPSA) is 75.3 Å². The second-order valence-electron chi connectivity index (χ2n) is 4.64. The van der Waals surface area contributed by atoms with Crippen molar-refractivity contribution in [2.24, 2.45) is 0 Å². The fraction of sp³-hybridized carbons (Fsp3) is 0.538. The Kier molecular flexibility index (Phi) is 5.17. The van der Waals surface area contributed by atoms with Gasteiger partial charge in [-0.25, -0.2) is 13.1 Å². The van der Waals surface area contributed by atoms with Crippen LogP contribution in [-0.4, -0.2) is 37.2 Å². The molecule has 0 spiro atoms. The third-order valence-corrected chi connectivity index (χ3v) is 6.13. The van der Waals surface area contributed by atoms with Crippen LogP contribution in [0, 0.1) is 0 Å². The SMILES string of the molecule is CCS(=O)CCNS(=O)(=O)c1cccc2c1CCCN2. The summed E-state index contributed by atoms with van der Waals surface area (Å²) in [4.78, 5) is 0.337. The van der Waals surface area contributed by atoms with Crippen LogP contribution in [0.3, 0.4) is 0 Å². The molecule has 1 aromatic carbocycles. The number of rotatable bonds is 6. The molecule has 0 saturated carbocycles. The highest BCUT2D eigenvalue weighted by Crippen LogP contribution is 2.28. The summed E-state index contributed by atoms with van der Waals surface area (Å²) in [5.41, 5.74) is 1.75. The number of sulfonamides is 1. The van der Waals surface area contributed by atoms with Crippen molar-refractivity contribution in [3.63, 3.8) is 0 Å². The molecule has 2 N–H and O–H groups in total. The smallest absolute Gasteiger partial charge is 0.240 e. The Hall–Kier alpha value is -0.920. The molecule has 1 atom stereocenters. The van der Waals surface area contributed by atoms with Crippen LogP contribution >= 0.6 is 0 Å². The molecule has 0 bridgehead atoms. The molecule has 0 aliphatic carbocycles. The Morgan fingerprint density at radius 2 is 2.20 bits per heavy atom. The predicted molar refractivity (Wildman–Crippen MR) is 82.0 cm³/mol. The molecule has 7 heteroatoms. The van der Waals surface area contributed by atoms with Crippen LogP contribution in [-0.2, 0) is 27.2 Å². The number of hydrogen-bond donors (Lipinski definition) is 2. The molecule has 112 valence electrons. The zero-order chi connectivity index (χ0) is 14.6. The molecule has 1 heterocycles. The van der Waals surface area contributed by atoms with E-state index in [1.807, 2.05) is 13.0 Å². The van der Waals surface area contributed by atoms with Gasteiger partial charge in [0, 0.05) is 41.1 Å². The van der Waals surface area contributed by atoms with E-state index in [1.165, 1.54) is 0 Å². The standard InChI is InChI=1S/C13H20N2O3S2/c1-2-19(16)10-9-15-20(17,18)13-7-3-6-12-11(13)5-4-8-14-12/h3,6-7,14-15H,2,4-5,8-10H2,1H3. The van der Waals surface area contributed by atoms with Gasteiger partial charge in [0.2, 0.25) is 10.0 Å².